The van der Waals surface area contributed by atoms with Gasteiger partial charge in [-0.1, -0.05) is 53.2 Å². The van der Waals surface area contributed by atoms with Gasteiger partial charge < -0.3 is 10.3 Å². The van der Waals surface area contributed by atoms with Gasteiger partial charge in [0.2, 0.25) is 5.91 Å². The van der Waals surface area contributed by atoms with Crippen molar-refractivity contribution in [1.82, 2.24) is 5.16 Å². The molecule has 4 rings (SSSR count). The molecule has 1 aliphatic heterocycles. The number of aryl methyl sites for hydroxylation is 1. The van der Waals surface area contributed by atoms with E-state index >= 15 is 0 Å². The predicted octanol–water partition coefficient (Wildman–Crippen LogP) is 4.15. The molecule has 2 N–H and O–H groups in total. The van der Waals surface area contributed by atoms with Crippen molar-refractivity contribution in [3.63, 3.8) is 0 Å². The highest BCUT2D eigenvalue weighted by Gasteiger charge is 2.23. The summed E-state index contributed by atoms with van der Waals surface area (Å²) in [7, 11) is 0. The summed E-state index contributed by atoms with van der Waals surface area (Å²) in [5.41, 5.74) is 10.6. The summed E-state index contributed by atoms with van der Waals surface area (Å²) in [4.78, 5) is 14.0. The second kappa shape index (κ2) is 7.54. The third-order valence-electron chi connectivity index (χ3n) is 3.88. The monoisotopic (exact) mass is 367 g/mol. The number of fused-ring (bicyclic) bond motifs is 3. The van der Waals surface area contributed by atoms with Gasteiger partial charge in [0.1, 0.15) is 6.54 Å². The highest BCUT2D eigenvalue weighted by Crippen LogP contribution is 2.34. The van der Waals surface area contributed by atoms with Crippen LogP contribution in [-0.4, -0.2) is 16.8 Å². The number of aromatic nitrogens is 1. The molecule has 1 aromatic heterocycles. The number of halogens is 1. The van der Waals surface area contributed by atoms with Crippen LogP contribution in [0.5, 0.6) is 0 Å². The summed E-state index contributed by atoms with van der Waals surface area (Å²) in [6.07, 6.45) is 0. The summed E-state index contributed by atoms with van der Waals surface area (Å²) in [6, 6.07) is 16.0. The first-order valence-corrected chi connectivity index (χ1v) is 8.46. The molecule has 0 aliphatic carbocycles. The molecular weight excluding hydrogens is 350 g/mol. The van der Waals surface area contributed by atoms with Crippen LogP contribution in [0.1, 0.15) is 29.5 Å². The van der Waals surface area contributed by atoms with E-state index in [0.29, 0.717) is 6.54 Å². The van der Waals surface area contributed by atoms with Crippen molar-refractivity contribution in [2.75, 3.05) is 0 Å². The van der Waals surface area contributed by atoms with Gasteiger partial charge in [0.15, 0.2) is 5.76 Å². The van der Waals surface area contributed by atoms with E-state index in [0.717, 1.165) is 44.4 Å². The third kappa shape index (κ3) is 3.68. The first kappa shape index (κ1) is 17.9. The Balaban J connectivity index is 0.000000447. The molecule has 2 heterocycles. The number of nitrogens with two attached hydrogens (primary N) is 1. The Morgan fingerprint density at radius 2 is 1.73 bits per heavy atom. The number of hydrogen-bond donors (Lipinski definition) is 1. The predicted molar refractivity (Wildman–Crippen MR) is 102 cm³/mol. The Hall–Kier alpha value is -2.92. The molecule has 6 heteroatoms. The molecule has 0 spiro atoms. The highest BCUT2D eigenvalue weighted by molar-refractivity contribution is 6.30. The number of nitrogens with zero attached hydrogens (tertiary/aromatic N) is 2. The lowest BCUT2D eigenvalue weighted by Crippen LogP contribution is -2.04. The topological polar surface area (TPSA) is 81.5 Å². The van der Waals surface area contributed by atoms with Crippen molar-refractivity contribution in [2.45, 2.75) is 20.4 Å². The zero-order valence-electron chi connectivity index (χ0n) is 14.5. The van der Waals surface area contributed by atoms with E-state index in [1.165, 1.54) is 6.92 Å². The number of carbonyl (C=O) groups is 1. The lowest BCUT2D eigenvalue weighted by molar-refractivity contribution is -0.115. The summed E-state index contributed by atoms with van der Waals surface area (Å²) in [5, 5.41) is 4.81. The molecule has 0 atom stereocenters. The number of rotatable bonds is 1. The van der Waals surface area contributed by atoms with E-state index in [9.17, 15) is 4.79 Å². The van der Waals surface area contributed by atoms with Crippen molar-refractivity contribution >= 4 is 23.2 Å². The van der Waals surface area contributed by atoms with Gasteiger partial charge in [-0.25, -0.2) is 0 Å². The molecule has 0 radical (unpaired) electrons. The van der Waals surface area contributed by atoms with Crippen LogP contribution in [0.15, 0.2) is 58.0 Å². The van der Waals surface area contributed by atoms with E-state index in [1.54, 1.807) is 0 Å². The van der Waals surface area contributed by atoms with Crippen LogP contribution in [0.4, 0.5) is 0 Å². The van der Waals surface area contributed by atoms with E-state index < -0.39 is 0 Å². The van der Waals surface area contributed by atoms with Crippen LogP contribution in [0.2, 0.25) is 5.02 Å². The summed E-state index contributed by atoms with van der Waals surface area (Å²) in [6.45, 7) is 3.76. The van der Waals surface area contributed by atoms with Gasteiger partial charge in [0, 0.05) is 23.1 Å². The lowest BCUT2D eigenvalue weighted by Gasteiger charge is -2.10. The molecule has 0 bridgehead atoms. The van der Waals surface area contributed by atoms with Crippen molar-refractivity contribution in [3.8, 4) is 11.1 Å². The van der Waals surface area contributed by atoms with Crippen LogP contribution < -0.4 is 5.73 Å². The van der Waals surface area contributed by atoms with Crippen LogP contribution in [0, 0.1) is 6.92 Å². The number of aliphatic imine (C=N–C) groups is 1. The van der Waals surface area contributed by atoms with Gasteiger partial charge >= 0.3 is 0 Å². The summed E-state index contributed by atoms with van der Waals surface area (Å²) < 4.78 is 5.45. The quantitative estimate of drug-likeness (QED) is 0.701. The molecule has 26 heavy (non-hydrogen) atoms. The maximum atomic E-state index is 9.22. The lowest BCUT2D eigenvalue weighted by atomic mass is 9.93. The Bertz CT molecular complexity index is 971. The maximum Gasteiger partial charge on any atom is 0.214 e. The van der Waals surface area contributed by atoms with Crippen molar-refractivity contribution in [3.05, 3.63) is 76.1 Å². The summed E-state index contributed by atoms with van der Waals surface area (Å²) >= 11 is 6.00. The molecule has 0 unspecified atom stereocenters. The Morgan fingerprint density at radius 1 is 1.12 bits per heavy atom. The zero-order chi connectivity index (χ0) is 18.7. The molecule has 0 saturated heterocycles. The van der Waals surface area contributed by atoms with Gasteiger partial charge in [0.25, 0.3) is 0 Å². The normalized spacial score (nSPS) is 12.0. The Kier molecular flexibility index (Phi) is 5.19. The minimum atomic E-state index is -0.333. The highest BCUT2D eigenvalue weighted by atomic mass is 35.5. The average Bonchev–Trinajstić information content (AvgIpc) is 2.88. The van der Waals surface area contributed by atoms with Crippen molar-refractivity contribution < 1.29 is 9.32 Å². The van der Waals surface area contributed by atoms with Crippen LogP contribution >= 0.6 is 11.6 Å². The van der Waals surface area contributed by atoms with E-state index in [-0.39, 0.29) is 5.91 Å². The minimum absolute atomic E-state index is 0.333. The van der Waals surface area contributed by atoms with Gasteiger partial charge in [0.05, 0.1) is 17.0 Å². The van der Waals surface area contributed by atoms with E-state index in [1.807, 2.05) is 43.3 Å². The fourth-order valence-corrected chi connectivity index (χ4v) is 2.99. The molecule has 132 valence electrons. The molecule has 0 saturated carbocycles. The number of benzene rings is 2. The number of primary amides is 1. The molecule has 3 aromatic rings. The smallest absolute Gasteiger partial charge is 0.214 e. The number of hydrogen-bond acceptors (Lipinski definition) is 4. The van der Waals surface area contributed by atoms with Gasteiger partial charge in [-0.2, -0.15) is 0 Å². The minimum Gasteiger partial charge on any atom is -0.370 e. The van der Waals surface area contributed by atoms with Gasteiger partial charge in [-0.15, -0.1) is 0 Å². The molecule has 1 aliphatic rings. The van der Waals surface area contributed by atoms with Crippen LogP contribution in [0.3, 0.4) is 0 Å². The molecule has 5 nitrogen and oxygen atoms in total. The third-order valence-corrected chi connectivity index (χ3v) is 4.14. The average molecular weight is 368 g/mol. The molecule has 0 fully saturated rings. The van der Waals surface area contributed by atoms with Gasteiger partial charge in [-0.05, 0) is 24.6 Å². The standard InChI is InChI=1S/C18H13ClN2O.C2H5NO/c1-11-17-14-4-2-3-5-15(14)18(20-10-16(17)22-21-11)12-6-8-13(19)9-7-12;1-2(3)4/h2-9H,10H2,1H3;1H3,(H2,3,4). The van der Waals surface area contributed by atoms with E-state index in [4.69, 9.17) is 21.1 Å². The first-order chi connectivity index (χ1) is 12.5. The maximum absolute atomic E-state index is 9.22. The van der Waals surface area contributed by atoms with Gasteiger partial charge in [-0.3, -0.25) is 9.79 Å². The Morgan fingerprint density at radius 3 is 2.38 bits per heavy atom. The second-order valence-corrected chi connectivity index (χ2v) is 6.33. The largest absolute Gasteiger partial charge is 0.370 e. The zero-order valence-corrected chi connectivity index (χ0v) is 15.2. The molecular formula is C20H18ClN3O2. The van der Waals surface area contributed by atoms with Crippen molar-refractivity contribution in [2.24, 2.45) is 10.7 Å². The van der Waals surface area contributed by atoms with Crippen LogP contribution in [-0.2, 0) is 11.3 Å². The number of amides is 1. The SMILES string of the molecule is CC(N)=O.Cc1noc2c1-c1ccccc1C(c1ccc(Cl)cc1)=NC2. The summed E-state index contributed by atoms with van der Waals surface area (Å²) in [5.74, 6) is 0.480. The fraction of sp³-hybridized carbons (Fsp3) is 0.150. The molecule has 1 amide bonds. The first-order valence-electron chi connectivity index (χ1n) is 8.08. The fourth-order valence-electron chi connectivity index (χ4n) is 2.87. The Labute approximate surface area is 156 Å². The second-order valence-electron chi connectivity index (χ2n) is 5.89. The van der Waals surface area contributed by atoms with E-state index in [2.05, 4.69) is 23.0 Å². The van der Waals surface area contributed by atoms with Crippen LogP contribution in [0.25, 0.3) is 11.1 Å². The molecule has 2 aromatic carbocycles. The van der Waals surface area contributed by atoms with Crippen molar-refractivity contribution in [1.29, 1.82) is 0 Å². The number of carbonyl (C=O) groups excluding carboxylic acids is 1.